The molecule has 0 spiro atoms. The van der Waals surface area contributed by atoms with Crippen LogP contribution in [0.25, 0.3) is 0 Å². The number of rotatable bonds is 10. The van der Waals surface area contributed by atoms with Crippen LogP contribution < -0.4 is 24.8 Å². The smallest absolute Gasteiger partial charge is 0.341 e. The number of ether oxygens (including phenoxy) is 4. The van der Waals surface area contributed by atoms with Crippen LogP contribution in [0.4, 0.5) is 5.00 Å². The van der Waals surface area contributed by atoms with E-state index in [-0.39, 0.29) is 18.4 Å². The maximum Gasteiger partial charge on any atom is 0.341 e. The highest BCUT2D eigenvalue weighted by Gasteiger charge is 2.31. The van der Waals surface area contributed by atoms with E-state index in [9.17, 15) is 14.4 Å². The molecule has 0 aliphatic heterocycles. The Labute approximate surface area is 196 Å². The summed E-state index contributed by atoms with van der Waals surface area (Å²) in [6.45, 7) is 3.34. The van der Waals surface area contributed by atoms with Gasteiger partial charge in [-0.2, -0.15) is 0 Å². The largest absolute Gasteiger partial charge is 0.496 e. The van der Waals surface area contributed by atoms with Gasteiger partial charge in [-0.1, -0.05) is 0 Å². The molecule has 33 heavy (non-hydrogen) atoms. The minimum absolute atomic E-state index is 0.0101. The predicted octanol–water partition coefficient (Wildman–Crippen LogP) is 3.21. The van der Waals surface area contributed by atoms with Crippen molar-refractivity contribution in [3.8, 4) is 17.2 Å². The lowest BCUT2D eigenvalue weighted by atomic mass is 10.1. The zero-order chi connectivity index (χ0) is 24.1. The number of amides is 2. The third kappa shape index (κ3) is 5.75. The zero-order valence-electron chi connectivity index (χ0n) is 19.3. The highest BCUT2D eigenvalue weighted by Crippen LogP contribution is 2.36. The van der Waals surface area contributed by atoms with Crippen LogP contribution in [0.1, 0.15) is 39.2 Å². The molecule has 1 heterocycles. The Morgan fingerprint density at radius 1 is 1.00 bits per heavy atom. The summed E-state index contributed by atoms with van der Waals surface area (Å²) in [7, 11) is 4.55. The number of hydrogen-bond donors (Lipinski definition) is 2. The molecule has 0 bridgehead atoms. The van der Waals surface area contributed by atoms with Crippen molar-refractivity contribution in [2.24, 2.45) is 5.92 Å². The third-order valence-corrected chi connectivity index (χ3v) is 6.49. The van der Waals surface area contributed by atoms with Crippen molar-refractivity contribution in [2.45, 2.75) is 33.2 Å². The molecule has 1 aliphatic rings. The lowest BCUT2D eigenvalue weighted by Crippen LogP contribution is -2.28. The molecule has 9 nitrogen and oxygen atoms in total. The first kappa shape index (κ1) is 24.4. The molecule has 0 atom stereocenters. The van der Waals surface area contributed by atoms with Gasteiger partial charge in [0, 0.05) is 29.0 Å². The van der Waals surface area contributed by atoms with Gasteiger partial charge in [-0.05, 0) is 38.3 Å². The number of nitrogens with one attached hydrogen (secondary N) is 2. The molecule has 0 saturated heterocycles. The molecule has 2 aromatic rings. The van der Waals surface area contributed by atoms with Crippen molar-refractivity contribution in [2.75, 3.05) is 33.3 Å². The van der Waals surface area contributed by atoms with Crippen LogP contribution >= 0.6 is 11.3 Å². The summed E-state index contributed by atoms with van der Waals surface area (Å²) in [6, 6.07) is 3.37. The van der Waals surface area contributed by atoms with Crippen molar-refractivity contribution in [3.05, 3.63) is 33.7 Å². The number of anilines is 1. The molecule has 0 radical (unpaired) electrons. The van der Waals surface area contributed by atoms with Gasteiger partial charge in [-0.3, -0.25) is 9.59 Å². The van der Waals surface area contributed by atoms with Crippen molar-refractivity contribution >= 4 is 34.1 Å². The first-order valence-electron chi connectivity index (χ1n) is 10.4. The van der Waals surface area contributed by atoms with Gasteiger partial charge in [0.25, 0.3) is 5.91 Å². The standard InChI is InChI=1S/C23H28N2O7S/c1-12-13(2)33-22(25-21(27)14-6-7-14)20(12)23(28)32-11-19(26)24-10-15-8-17(30-4)18(31-5)9-16(15)29-3/h8-9,14H,6-7,10-11H2,1-5H3,(H,24,26)(H,25,27). The fourth-order valence-corrected chi connectivity index (χ4v) is 4.25. The monoisotopic (exact) mass is 476 g/mol. The fourth-order valence-electron chi connectivity index (χ4n) is 3.20. The van der Waals surface area contributed by atoms with Crippen LogP contribution in [0.15, 0.2) is 12.1 Å². The van der Waals surface area contributed by atoms with E-state index in [0.29, 0.717) is 33.4 Å². The van der Waals surface area contributed by atoms with E-state index in [1.807, 2.05) is 6.92 Å². The lowest BCUT2D eigenvalue weighted by molar-refractivity contribution is -0.124. The van der Waals surface area contributed by atoms with Crippen LogP contribution in [0.3, 0.4) is 0 Å². The third-order valence-electron chi connectivity index (χ3n) is 5.37. The van der Waals surface area contributed by atoms with E-state index >= 15 is 0 Å². The van der Waals surface area contributed by atoms with Gasteiger partial charge in [-0.25, -0.2) is 4.79 Å². The summed E-state index contributed by atoms with van der Waals surface area (Å²) in [5, 5.41) is 5.98. The normalized spacial score (nSPS) is 12.6. The number of thiophene rings is 1. The molecule has 0 unspecified atom stereocenters. The van der Waals surface area contributed by atoms with Crippen LogP contribution in [-0.2, 0) is 20.9 Å². The summed E-state index contributed by atoms with van der Waals surface area (Å²) >= 11 is 1.33. The van der Waals surface area contributed by atoms with E-state index in [4.69, 9.17) is 18.9 Å². The molecule has 10 heteroatoms. The molecule has 1 saturated carbocycles. The summed E-state index contributed by atoms with van der Waals surface area (Å²) in [6.07, 6.45) is 1.72. The van der Waals surface area contributed by atoms with Crippen LogP contribution in [-0.4, -0.2) is 45.7 Å². The molecule has 178 valence electrons. The first-order chi connectivity index (χ1) is 15.8. The number of carbonyl (C=O) groups is 3. The van der Waals surface area contributed by atoms with Crippen LogP contribution in [0.5, 0.6) is 17.2 Å². The average Bonchev–Trinajstić information content (AvgIpc) is 3.62. The Morgan fingerprint density at radius 2 is 1.64 bits per heavy atom. The summed E-state index contributed by atoms with van der Waals surface area (Å²) in [5.74, 6) is 0.311. The second-order valence-electron chi connectivity index (χ2n) is 7.62. The van der Waals surface area contributed by atoms with E-state index in [1.54, 1.807) is 19.1 Å². The summed E-state index contributed by atoms with van der Waals surface area (Å²) < 4.78 is 21.1. The van der Waals surface area contributed by atoms with Gasteiger partial charge in [0.2, 0.25) is 5.91 Å². The quantitative estimate of drug-likeness (QED) is 0.507. The Kier molecular flexibility index (Phi) is 7.80. The van der Waals surface area contributed by atoms with Gasteiger partial charge in [0.05, 0.1) is 26.9 Å². The second kappa shape index (κ2) is 10.6. The highest BCUT2D eigenvalue weighted by atomic mass is 32.1. The number of carbonyl (C=O) groups excluding carboxylic acids is 3. The van der Waals surface area contributed by atoms with Crippen molar-refractivity contribution in [3.63, 3.8) is 0 Å². The Hall–Kier alpha value is -3.27. The topological polar surface area (TPSA) is 112 Å². The molecule has 2 N–H and O–H groups in total. The Morgan fingerprint density at radius 3 is 2.24 bits per heavy atom. The lowest BCUT2D eigenvalue weighted by Gasteiger charge is -2.14. The minimum Gasteiger partial charge on any atom is -0.496 e. The number of benzene rings is 1. The number of hydrogen-bond acceptors (Lipinski definition) is 8. The molecular weight excluding hydrogens is 448 g/mol. The average molecular weight is 477 g/mol. The number of aryl methyl sites for hydroxylation is 1. The SMILES string of the molecule is COc1cc(OC)c(OC)cc1CNC(=O)COC(=O)c1c(NC(=O)C2CC2)sc(C)c1C. The highest BCUT2D eigenvalue weighted by molar-refractivity contribution is 7.16. The molecule has 3 rings (SSSR count). The zero-order valence-corrected chi connectivity index (χ0v) is 20.1. The Bertz CT molecular complexity index is 1060. The summed E-state index contributed by atoms with van der Waals surface area (Å²) in [5.41, 5.74) is 1.69. The van der Waals surface area contributed by atoms with Gasteiger partial charge in [-0.15, -0.1) is 11.3 Å². The van der Waals surface area contributed by atoms with E-state index in [0.717, 1.165) is 23.3 Å². The Balaban J connectivity index is 1.60. The van der Waals surface area contributed by atoms with Crippen molar-refractivity contribution in [1.82, 2.24) is 5.32 Å². The molecule has 1 fully saturated rings. The van der Waals surface area contributed by atoms with Crippen LogP contribution in [0.2, 0.25) is 0 Å². The number of methoxy groups -OCH3 is 3. The van der Waals surface area contributed by atoms with E-state index in [2.05, 4.69) is 10.6 Å². The molecule has 2 amide bonds. The van der Waals surface area contributed by atoms with E-state index in [1.165, 1.54) is 32.7 Å². The predicted molar refractivity (Wildman–Crippen MR) is 123 cm³/mol. The maximum absolute atomic E-state index is 12.7. The molecule has 1 aliphatic carbocycles. The van der Waals surface area contributed by atoms with Gasteiger partial charge >= 0.3 is 5.97 Å². The van der Waals surface area contributed by atoms with Gasteiger partial charge in [0.15, 0.2) is 18.1 Å². The molecular formula is C23H28N2O7S. The summed E-state index contributed by atoms with van der Waals surface area (Å²) in [4.78, 5) is 38.1. The van der Waals surface area contributed by atoms with Crippen molar-refractivity contribution < 1.29 is 33.3 Å². The number of esters is 1. The molecule has 1 aromatic heterocycles. The van der Waals surface area contributed by atoms with Gasteiger partial charge < -0.3 is 29.6 Å². The molecule has 1 aromatic carbocycles. The minimum atomic E-state index is -0.651. The van der Waals surface area contributed by atoms with Crippen LogP contribution in [0, 0.1) is 19.8 Å². The fraction of sp³-hybridized carbons (Fsp3) is 0.435. The van der Waals surface area contributed by atoms with Gasteiger partial charge in [0.1, 0.15) is 10.8 Å². The maximum atomic E-state index is 12.7. The van der Waals surface area contributed by atoms with E-state index < -0.39 is 18.5 Å². The first-order valence-corrected chi connectivity index (χ1v) is 11.2. The van der Waals surface area contributed by atoms with Crippen molar-refractivity contribution in [1.29, 1.82) is 0 Å². The second-order valence-corrected chi connectivity index (χ2v) is 8.85.